The third kappa shape index (κ3) is 6.12. The molecule has 0 spiro atoms. The molecule has 102 valence electrons. The summed E-state index contributed by atoms with van der Waals surface area (Å²) in [6.45, 7) is 7.12. The summed E-state index contributed by atoms with van der Waals surface area (Å²) >= 11 is 0. The van der Waals surface area contributed by atoms with E-state index in [1.165, 1.54) is 0 Å². The number of hydrogen-bond donors (Lipinski definition) is 0. The zero-order chi connectivity index (χ0) is 14.3. The van der Waals surface area contributed by atoms with Gasteiger partial charge in [-0.25, -0.2) is 9.59 Å². The minimum Gasteiger partial charge on any atom is -0.459 e. The summed E-state index contributed by atoms with van der Waals surface area (Å²) in [5.74, 6) is -5.58. The summed E-state index contributed by atoms with van der Waals surface area (Å²) in [7, 11) is 0. The van der Waals surface area contributed by atoms with Gasteiger partial charge in [0.2, 0.25) is 0 Å². The van der Waals surface area contributed by atoms with Gasteiger partial charge in [-0.05, 0) is 11.8 Å². The first kappa shape index (κ1) is 16.3. The Bertz CT molecular complexity index is 308. The number of ether oxygens (including phenoxy) is 2. The second-order valence-corrected chi connectivity index (χ2v) is 4.64. The van der Waals surface area contributed by atoms with Crippen LogP contribution in [0.5, 0.6) is 0 Å². The molecule has 6 heteroatoms. The lowest BCUT2D eigenvalue weighted by Gasteiger charge is -2.07. The van der Waals surface area contributed by atoms with Crippen molar-refractivity contribution in [1.82, 2.24) is 0 Å². The number of rotatable bonds is 7. The monoisotopic (exact) mass is 258 g/mol. The van der Waals surface area contributed by atoms with Crippen molar-refractivity contribution < 1.29 is 28.7 Å². The second-order valence-electron chi connectivity index (χ2n) is 4.64. The van der Waals surface area contributed by atoms with Crippen LogP contribution in [-0.2, 0) is 28.7 Å². The number of ketones is 2. The molecule has 0 unspecified atom stereocenters. The average molecular weight is 258 g/mol. The van der Waals surface area contributed by atoms with E-state index >= 15 is 0 Å². The third-order valence-electron chi connectivity index (χ3n) is 1.67. The van der Waals surface area contributed by atoms with Crippen molar-refractivity contribution in [1.29, 1.82) is 0 Å². The standard InChI is InChI=1S/C12H18O6/c1-7(2)5-17-11(15)9(13)10(14)12(16)18-6-8(3)4/h7-8H,5-6H2,1-4H3. The van der Waals surface area contributed by atoms with Crippen LogP contribution in [0, 0.1) is 11.8 Å². The second kappa shape index (κ2) is 7.58. The first-order valence-electron chi connectivity index (χ1n) is 5.68. The van der Waals surface area contributed by atoms with Gasteiger partial charge in [0.05, 0.1) is 13.2 Å². The van der Waals surface area contributed by atoms with Crippen molar-refractivity contribution >= 4 is 23.5 Å². The topological polar surface area (TPSA) is 86.7 Å². The van der Waals surface area contributed by atoms with Gasteiger partial charge < -0.3 is 9.47 Å². The summed E-state index contributed by atoms with van der Waals surface area (Å²) in [5, 5.41) is 0. The van der Waals surface area contributed by atoms with Crippen LogP contribution in [0.3, 0.4) is 0 Å². The lowest BCUT2D eigenvalue weighted by atomic mass is 10.2. The minimum absolute atomic E-state index is 0.0128. The highest BCUT2D eigenvalue weighted by Crippen LogP contribution is 1.97. The highest BCUT2D eigenvalue weighted by atomic mass is 16.5. The van der Waals surface area contributed by atoms with Crippen molar-refractivity contribution in [3.8, 4) is 0 Å². The molecule has 0 radical (unpaired) electrons. The summed E-state index contributed by atoms with van der Waals surface area (Å²) in [5.41, 5.74) is 0. The zero-order valence-corrected chi connectivity index (χ0v) is 11.0. The largest absolute Gasteiger partial charge is 0.459 e. The van der Waals surface area contributed by atoms with Crippen molar-refractivity contribution in [2.75, 3.05) is 13.2 Å². The van der Waals surface area contributed by atoms with Gasteiger partial charge in [0.25, 0.3) is 0 Å². The molecule has 0 aliphatic rings. The molecule has 0 heterocycles. The molecular formula is C12H18O6. The van der Waals surface area contributed by atoms with Crippen LogP contribution in [0.1, 0.15) is 27.7 Å². The summed E-state index contributed by atoms with van der Waals surface area (Å²) in [6.07, 6.45) is 0. The van der Waals surface area contributed by atoms with Crippen LogP contribution < -0.4 is 0 Å². The van der Waals surface area contributed by atoms with Crippen LogP contribution >= 0.6 is 0 Å². The molecule has 0 amide bonds. The fourth-order valence-corrected chi connectivity index (χ4v) is 0.801. The molecule has 0 bridgehead atoms. The molecule has 0 rings (SSSR count). The Morgan fingerprint density at radius 3 is 1.22 bits per heavy atom. The molecule has 0 aliphatic carbocycles. The maximum atomic E-state index is 11.2. The molecule has 0 saturated carbocycles. The van der Waals surface area contributed by atoms with Crippen LogP contribution in [0.2, 0.25) is 0 Å². The van der Waals surface area contributed by atoms with E-state index in [-0.39, 0.29) is 25.0 Å². The maximum Gasteiger partial charge on any atom is 0.383 e. The van der Waals surface area contributed by atoms with E-state index in [0.29, 0.717) is 0 Å². The van der Waals surface area contributed by atoms with Crippen molar-refractivity contribution in [3.63, 3.8) is 0 Å². The van der Waals surface area contributed by atoms with Crippen molar-refractivity contribution in [2.45, 2.75) is 27.7 Å². The molecule has 0 aromatic heterocycles. The Hall–Kier alpha value is -1.72. The molecule has 0 saturated heterocycles. The van der Waals surface area contributed by atoms with Gasteiger partial charge in [-0.15, -0.1) is 0 Å². The third-order valence-corrected chi connectivity index (χ3v) is 1.67. The summed E-state index contributed by atoms with van der Waals surface area (Å²) in [6, 6.07) is 0. The van der Waals surface area contributed by atoms with Crippen LogP contribution in [-0.4, -0.2) is 36.7 Å². The Balaban J connectivity index is 4.28. The van der Waals surface area contributed by atoms with Crippen molar-refractivity contribution in [2.24, 2.45) is 11.8 Å². The molecule has 0 N–H and O–H groups in total. The van der Waals surface area contributed by atoms with E-state index in [4.69, 9.17) is 0 Å². The minimum atomic E-state index is -1.50. The van der Waals surface area contributed by atoms with Crippen molar-refractivity contribution in [3.05, 3.63) is 0 Å². The molecule has 0 aliphatic heterocycles. The number of Topliss-reactive ketones (excluding diaryl/α,β-unsaturated/α-hetero) is 2. The number of carbonyl (C=O) groups is 4. The van der Waals surface area contributed by atoms with E-state index in [1.807, 2.05) is 0 Å². The smallest absolute Gasteiger partial charge is 0.383 e. The Morgan fingerprint density at radius 1 is 0.722 bits per heavy atom. The lowest BCUT2D eigenvalue weighted by molar-refractivity contribution is -0.164. The van der Waals surface area contributed by atoms with E-state index < -0.39 is 23.5 Å². The Morgan fingerprint density at radius 2 is 1.00 bits per heavy atom. The van der Waals surface area contributed by atoms with E-state index in [9.17, 15) is 19.2 Å². The zero-order valence-electron chi connectivity index (χ0n) is 11.0. The fraction of sp³-hybridized carbons (Fsp3) is 0.667. The molecule has 6 nitrogen and oxygen atoms in total. The molecular weight excluding hydrogens is 240 g/mol. The average Bonchev–Trinajstić information content (AvgIpc) is 2.30. The van der Waals surface area contributed by atoms with E-state index in [0.717, 1.165) is 0 Å². The van der Waals surface area contributed by atoms with Crippen LogP contribution in [0.25, 0.3) is 0 Å². The Labute approximate surface area is 106 Å². The van der Waals surface area contributed by atoms with Gasteiger partial charge in [0, 0.05) is 0 Å². The highest BCUT2D eigenvalue weighted by molar-refractivity contribution is 6.76. The fourth-order valence-electron chi connectivity index (χ4n) is 0.801. The first-order chi connectivity index (χ1) is 8.25. The number of esters is 2. The van der Waals surface area contributed by atoms with Gasteiger partial charge in [-0.3, -0.25) is 9.59 Å². The predicted molar refractivity (Wildman–Crippen MR) is 61.6 cm³/mol. The Kier molecular flexibility index (Phi) is 6.85. The van der Waals surface area contributed by atoms with E-state index in [2.05, 4.69) is 9.47 Å². The van der Waals surface area contributed by atoms with Crippen LogP contribution in [0.4, 0.5) is 0 Å². The maximum absolute atomic E-state index is 11.2. The normalized spacial score (nSPS) is 10.3. The van der Waals surface area contributed by atoms with Gasteiger partial charge in [-0.2, -0.15) is 0 Å². The molecule has 0 aromatic rings. The van der Waals surface area contributed by atoms with Gasteiger partial charge in [-0.1, -0.05) is 27.7 Å². The molecule has 18 heavy (non-hydrogen) atoms. The van der Waals surface area contributed by atoms with E-state index in [1.54, 1.807) is 27.7 Å². The molecule has 0 fully saturated rings. The van der Waals surface area contributed by atoms with Gasteiger partial charge >= 0.3 is 23.5 Å². The quantitative estimate of drug-likeness (QED) is 0.376. The number of hydrogen-bond acceptors (Lipinski definition) is 6. The van der Waals surface area contributed by atoms with Gasteiger partial charge in [0.1, 0.15) is 0 Å². The summed E-state index contributed by atoms with van der Waals surface area (Å²) < 4.78 is 9.09. The van der Waals surface area contributed by atoms with Crippen LogP contribution in [0.15, 0.2) is 0 Å². The van der Waals surface area contributed by atoms with Gasteiger partial charge in [0.15, 0.2) is 0 Å². The number of carbonyl (C=O) groups excluding carboxylic acids is 4. The highest BCUT2D eigenvalue weighted by Gasteiger charge is 2.31. The molecule has 0 atom stereocenters. The molecule has 0 aromatic carbocycles. The SMILES string of the molecule is CC(C)COC(=O)C(=O)C(=O)C(=O)OCC(C)C. The lowest BCUT2D eigenvalue weighted by Crippen LogP contribution is -2.34. The summed E-state index contributed by atoms with van der Waals surface area (Å²) in [4.78, 5) is 44.7. The first-order valence-corrected chi connectivity index (χ1v) is 5.68. The predicted octanol–water partition coefficient (Wildman–Crippen LogP) is 0.523.